The first kappa shape index (κ1) is 12.8. The third-order valence-corrected chi connectivity index (χ3v) is 2.24. The van der Waals surface area contributed by atoms with Crippen molar-refractivity contribution in [1.29, 1.82) is 0 Å². The fourth-order valence-electron chi connectivity index (χ4n) is 1.11. The molecule has 0 heterocycles. The van der Waals surface area contributed by atoms with Gasteiger partial charge in [-0.1, -0.05) is 30.7 Å². The van der Waals surface area contributed by atoms with Gasteiger partial charge < -0.3 is 9.47 Å². The maximum absolute atomic E-state index is 11.0. The largest absolute Gasteiger partial charge is 0.488 e. The van der Waals surface area contributed by atoms with E-state index < -0.39 is 0 Å². The predicted octanol–water partition coefficient (Wildman–Crippen LogP) is 3.06. The Morgan fingerprint density at radius 3 is 2.75 bits per heavy atom. The summed E-state index contributed by atoms with van der Waals surface area (Å²) in [5, 5.41) is 0.552. The molecule has 1 atom stereocenters. The molecular formula is C12H15ClO3. The normalized spacial score (nSPS) is 11.9. The van der Waals surface area contributed by atoms with Crippen LogP contribution >= 0.6 is 11.6 Å². The molecule has 0 aliphatic rings. The summed E-state index contributed by atoms with van der Waals surface area (Å²) < 4.78 is 10.5. The second-order valence-corrected chi connectivity index (χ2v) is 3.80. The van der Waals surface area contributed by atoms with Crippen molar-refractivity contribution in [1.82, 2.24) is 0 Å². The lowest BCUT2D eigenvalue weighted by Gasteiger charge is -2.14. The molecule has 0 aliphatic carbocycles. The Balaban J connectivity index is 2.40. The Kier molecular flexibility index (Phi) is 5.12. The van der Waals surface area contributed by atoms with Crippen LogP contribution in [0.5, 0.6) is 5.75 Å². The van der Waals surface area contributed by atoms with E-state index in [1.807, 2.05) is 12.1 Å². The highest BCUT2D eigenvalue weighted by Gasteiger charge is 2.09. The van der Waals surface area contributed by atoms with Crippen LogP contribution in [0.4, 0.5) is 0 Å². The number of rotatable bonds is 5. The fraction of sp³-hybridized carbons (Fsp3) is 0.417. The van der Waals surface area contributed by atoms with Gasteiger partial charge in [0.1, 0.15) is 18.5 Å². The van der Waals surface area contributed by atoms with Crippen LogP contribution in [0.2, 0.25) is 5.02 Å². The summed E-state index contributed by atoms with van der Waals surface area (Å²) >= 11 is 5.91. The molecule has 0 saturated carbocycles. The highest BCUT2D eigenvalue weighted by molar-refractivity contribution is 6.32. The first-order valence-corrected chi connectivity index (χ1v) is 5.58. The van der Waals surface area contributed by atoms with Gasteiger partial charge in [-0.05, 0) is 19.1 Å². The molecule has 0 unspecified atom stereocenters. The number of carbonyl (C=O) groups excluding carboxylic acids is 1. The lowest BCUT2D eigenvalue weighted by atomic mass is 10.3. The van der Waals surface area contributed by atoms with Crippen LogP contribution in [-0.2, 0) is 9.53 Å². The van der Waals surface area contributed by atoms with Gasteiger partial charge in [0.05, 0.1) is 5.02 Å². The summed E-state index contributed by atoms with van der Waals surface area (Å²) in [7, 11) is 0. The molecule has 0 saturated heterocycles. The van der Waals surface area contributed by atoms with Gasteiger partial charge in [0, 0.05) is 6.42 Å². The van der Waals surface area contributed by atoms with E-state index in [-0.39, 0.29) is 12.1 Å². The van der Waals surface area contributed by atoms with E-state index in [0.29, 0.717) is 23.8 Å². The summed E-state index contributed by atoms with van der Waals surface area (Å²) in [6.45, 7) is 3.84. The molecule has 0 radical (unpaired) electrons. The van der Waals surface area contributed by atoms with Gasteiger partial charge in [-0.3, -0.25) is 4.79 Å². The molecule has 3 nitrogen and oxygen atoms in total. The number of carbonyl (C=O) groups is 1. The molecule has 0 fully saturated rings. The molecular weight excluding hydrogens is 228 g/mol. The summed E-state index contributed by atoms with van der Waals surface area (Å²) in [5.41, 5.74) is 0. The first-order valence-electron chi connectivity index (χ1n) is 5.20. The summed E-state index contributed by atoms with van der Waals surface area (Å²) in [4.78, 5) is 11.0. The van der Waals surface area contributed by atoms with Crippen LogP contribution in [0, 0.1) is 0 Å². The first-order chi connectivity index (χ1) is 7.63. The minimum absolute atomic E-state index is 0.227. The number of benzene rings is 1. The van der Waals surface area contributed by atoms with E-state index in [0.717, 1.165) is 0 Å². The van der Waals surface area contributed by atoms with E-state index in [9.17, 15) is 4.79 Å². The van der Waals surface area contributed by atoms with Crippen molar-refractivity contribution in [2.75, 3.05) is 6.61 Å². The monoisotopic (exact) mass is 242 g/mol. The number of ether oxygens (including phenoxy) is 2. The molecule has 0 spiro atoms. The van der Waals surface area contributed by atoms with Gasteiger partial charge in [-0.15, -0.1) is 0 Å². The van der Waals surface area contributed by atoms with Crippen LogP contribution in [0.1, 0.15) is 20.3 Å². The lowest BCUT2D eigenvalue weighted by molar-refractivity contribution is -0.149. The zero-order chi connectivity index (χ0) is 12.0. The number of hydrogen-bond donors (Lipinski definition) is 0. The number of hydrogen-bond acceptors (Lipinski definition) is 3. The van der Waals surface area contributed by atoms with Crippen molar-refractivity contribution in [3.8, 4) is 5.75 Å². The molecule has 0 amide bonds. The van der Waals surface area contributed by atoms with Crippen LogP contribution < -0.4 is 4.74 Å². The van der Waals surface area contributed by atoms with Gasteiger partial charge in [-0.2, -0.15) is 0 Å². The van der Waals surface area contributed by atoms with Gasteiger partial charge in [-0.25, -0.2) is 0 Å². The maximum Gasteiger partial charge on any atom is 0.305 e. The zero-order valence-corrected chi connectivity index (χ0v) is 10.2. The molecule has 1 aromatic rings. The standard InChI is InChI=1S/C12H15ClO3/c1-3-12(14)16-9(2)8-15-11-7-5-4-6-10(11)13/h4-7,9H,3,8H2,1-2H3/t9-/m0/s1. The Labute approximate surface area is 100 Å². The minimum atomic E-state index is -0.274. The van der Waals surface area contributed by atoms with Crippen molar-refractivity contribution < 1.29 is 14.3 Å². The Morgan fingerprint density at radius 1 is 1.44 bits per heavy atom. The minimum Gasteiger partial charge on any atom is -0.488 e. The predicted molar refractivity (Wildman–Crippen MR) is 62.8 cm³/mol. The molecule has 1 rings (SSSR count). The zero-order valence-electron chi connectivity index (χ0n) is 9.40. The molecule has 1 aromatic carbocycles. The second kappa shape index (κ2) is 6.38. The quantitative estimate of drug-likeness (QED) is 0.745. The van der Waals surface area contributed by atoms with Gasteiger partial charge in [0.25, 0.3) is 0 Å². The van der Waals surface area contributed by atoms with E-state index in [1.54, 1.807) is 26.0 Å². The van der Waals surface area contributed by atoms with E-state index >= 15 is 0 Å². The number of para-hydroxylation sites is 1. The second-order valence-electron chi connectivity index (χ2n) is 3.40. The van der Waals surface area contributed by atoms with Crippen LogP contribution in [0.25, 0.3) is 0 Å². The highest BCUT2D eigenvalue weighted by Crippen LogP contribution is 2.23. The smallest absolute Gasteiger partial charge is 0.305 e. The van der Waals surface area contributed by atoms with Crippen LogP contribution in [0.3, 0.4) is 0 Å². The molecule has 88 valence electrons. The average Bonchev–Trinajstić information content (AvgIpc) is 2.28. The summed E-state index contributed by atoms with van der Waals surface area (Å²) in [6.07, 6.45) is 0.0971. The van der Waals surface area contributed by atoms with Gasteiger partial charge >= 0.3 is 5.97 Å². The molecule has 4 heteroatoms. The molecule has 0 N–H and O–H groups in total. The number of esters is 1. The van der Waals surface area contributed by atoms with Crippen molar-refractivity contribution in [3.63, 3.8) is 0 Å². The Morgan fingerprint density at radius 2 is 2.12 bits per heavy atom. The van der Waals surface area contributed by atoms with Crippen molar-refractivity contribution in [3.05, 3.63) is 29.3 Å². The molecule has 0 bridgehead atoms. The van der Waals surface area contributed by atoms with Crippen LogP contribution in [-0.4, -0.2) is 18.7 Å². The molecule has 0 aromatic heterocycles. The average molecular weight is 243 g/mol. The number of halogens is 1. The molecule has 0 aliphatic heterocycles. The summed E-state index contributed by atoms with van der Waals surface area (Å²) in [5.74, 6) is 0.374. The van der Waals surface area contributed by atoms with Gasteiger partial charge in [0.15, 0.2) is 0 Å². The topological polar surface area (TPSA) is 35.5 Å². The van der Waals surface area contributed by atoms with Crippen molar-refractivity contribution >= 4 is 17.6 Å². The van der Waals surface area contributed by atoms with Crippen molar-refractivity contribution in [2.45, 2.75) is 26.4 Å². The van der Waals surface area contributed by atoms with E-state index in [2.05, 4.69) is 0 Å². The Bertz CT molecular complexity index is 352. The third kappa shape index (κ3) is 4.11. The van der Waals surface area contributed by atoms with Gasteiger partial charge in [0.2, 0.25) is 0 Å². The van der Waals surface area contributed by atoms with E-state index in [4.69, 9.17) is 21.1 Å². The molecule has 16 heavy (non-hydrogen) atoms. The summed E-state index contributed by atoms with van der Waals surface area (Å²) in [6, 6.07) is 7.19. The highest BCUT2D eigenvalue weighted by atomic mass is 35.5. The SMILES string of the molecule is CCC(=O)O[C@@H](C)COc1ccccc1Cl. The maximum atomic E-state index is 11.0. The van der Waals surface area contributed by atoms with E-state index in [1.165, 1.54) is 0 Å². The Hall–Kier alpha value is -1.22. The third-order valence-electron chi connectivity index (χ3n) is 1.93. The fourth-order valence-corrected chi connectivity index (χ4v) is 1.30. The van der Waals surface area contributed by atoms with Crippen LogP contribution in [0.15, 0.2) is 24.3 Å². The van der Waals surface area contributed by atoms with Crippen molar-refractivity contribution in [2.24, 2.45) is 0 Å². The lowest BCUT2D eigenvalue weighted by Crippen LogP contribution is -2.21.